The molecule has 4 aromatic rings. The summed E-state index contributed by atoms with van der Waals surface area (Å²) in [6.45, 7) is 3.64. The van der Waals surface area contributed by atoms with E-state index >= 15 is 0 Å². The Hall–Kier alpha value is -4.05. The Kier molecular flexibility index (Phi) is 5.93. The van der Waals surface area contributed by atoms with Crippen molar-refractivity contribution in [1.29, 1.82) is 0 Å². The zero-order chi connectivity index (χ0) is 23.7. The molecule has 2 aromatic carbocycles. The van der Waals surface area contributed by atoms with Crippen molar-refractivity contribution in [2.24, 2.45) is 0 Å². The number of carbonyl (C=O) groups is 1. The van der Waals surface area contributed by atoms with E-state index in [0.717, 1.165) is 22.3 Å². The fraction of sp³-hybridized carbons (Fsp3) is 0.174. The number of anilines is 1. The first-order valence-electron chi connectivity index (χ1n) is 9.95. The largest absolute Gasteiger partial charge is 0.496 e. The standard InChI is InChI=1S/C23H20N4O5S/c1-13-4-6-16(14(2)8-13)17-11-33-22-21(17)23(29)26(12-24-22)10-20(28)25-18-7-5-15(32-3)9-19(18)27(30)31/h4-9,11-12H,10H2,1-3H3,(H,25,28). The van der Waals surface area contributed by atoms with Gasteiger partial charge in [0.25, 0.3) is 11.2 Å². The van der Waals surface area contributed by atoms with Gasteiger partial charge in [0, 0.05) is 10.9 Å². The molecule has 0 aliphatic carbocycles. The number of rotatable bonds is 6. The zero-order valence-corrected chi connectivity index (χ0v) is 18.9. The number of hydrogen-bond acceptors (Lipinski definition) is 7. The fourth-order valence-electron chi connectivity index (χ4n) is 3.63. The molecule has 10 heteroatoms. The SMILES string of the molecule is COc1ccc(NC(=O)Cn2cnc3scc(-c4ccc(C)cc4C)c3c2=O)c([N+](=O)[O-])c1. The summed E-state index contributed by atoms with van der Waals surface area (Å²) in [5.41, 5.74) is 3.21. The van der Waals surface area contributed by atoms with Crippen LogP contribution < -0.4 is 15.6 Å². The lowest BCUT2D eigenvalue weighted by Gasteiger charge is -2.10. The lowest BCUT2D eigenvalue weighted by Crippen LogP contribution is -2.28. The highest BCUT2D eigenvalue weighted by Crippen LogP contribution is 2.33. The van der Waals surface area contributed by atoms with Crippen LogP contribution in [-0.2, 0) is 11.3 Å². The minimum atomic E-state index is -0.612. The molecule has 0 atom stereocenters. The van der Waals surface area contributed by atoms with Crippen LogP contribution in [0.2, 0.25) is 0 Å². The number of benzene rings is 2. The molecule has 168 valence electrons. The number of aryl methyl sites for hydroxylation is 2. The minimum Gasteiger partial charge on any atom is -0.496 e. The molecule has 0 saturated heterocycles. The second-order valence-corrected chi connectivity index (χ2v) is 8.37. The molecule has 0 unspecified atom stereocenters. The van der Waals surface area contributed by atoms with Crippen LogP contribution in [0, 0.1) is 24.0 Å². The van der Waals surface area contributed by atoms with Gasteiger partial charge in [0.1, 0.15) is 22.8 Å². The Balaban J connectivity index is 1.66. The lowest BCUT2D eigenvalue weighted by molar-refractivity contribution is -0.384. The number of carbonyl (C=O) groups excluding carboxylic acids is 1. The number of fused-ring (bicyclic) bond motifs is 1. The fourth-order valence-corrected chi connectivity index (χ4v) is 4.53. The smallest absolute Gasteiger partial charge is 0.296 e. The van der Waals surface area contributed by atoms with Crippen molar-refractivity contribution in [1.82, 2.24) is 9.55 Å². The number of methoxy groups -OCH3 is 1. The molecule has 0 aliphatic heterocycles. The van der Waals surface area contributed by atoms with Crippen LogP contribution in [0.3, 0.4) is 0 Å². The van der Waals surface area contributed by atoms with Crippen molar-refractivity contribution in [3.63, 3.8) is 0 Å². The highest BCUT2D eigenvalue weighted by atomic mass is 32.1. The van der Waals surface area contributed by atoms with Crippen molar-refractivity contribution in [3.05, 3.63) is 79.7 Å². The molecular formula is C23H20N4O5S. The summed E-state index contributed by atoms with van der Waals surface area (Å²) in [7, 11) is 1.39. The minimum absolute atomic E-state index is 0.0133. The lowest BCUT2D eigenvalue weighted by atomic mass is 9.99. The Labute approximate surface area is 192 Å². The zero-order valence-electron chi connectivity index (χ0n) is 18.1. The van der Waals surface area contributed by atoms with Gasteiger partial charge in [-0.1, -0.05) is 23.8 Å². The van der Waals surface area contributed by atoms with E-state index in [1.807, 2.05) is 37.4 Å². The van der Waals surface area contributed by atoms with E-state index in [-0.39, 0.29) is 23.5 Å². The molecular weight excluding hydrogens is 444 g/mol. The number of thiophene rings is 1. The third-order valence-corrected chi connectivity index (χ3v) is 6.11. The highest BCUT2D eigenvalue weighted by molar-refractivity contribution is 7.17. The first kappa shape index (κ1) is 22.2. The van der Waals surface area contributed by atoms with E-state index in [1.165, 1.54) is 47.5 Å². The Morgan fingerprint density at radius 1 is 1.21 bits per heavy atom. The van der Waals surface area contributed by atoms with Gasteiger partial charge < -0.3 is 10.1 Å². The number of nitro benzene ring substituents is 1. The van der Waals surface area contributed by atoms with Crippen LogP contribution >= 0.6 is 11.3 Å². The molecule has 0 saturated carbocycles. The molecule has 4 rings (SSSR count). The van der Waals surface area contributed by atoms with Gasteiger partial charge in [-0.2, -0.15) is 0 Å². The summed E-state index contributed by atoms with van der Waals surface area (Å²) in [4.78, 5) is 41.5. The van der Waals surface area contributed by atoms with Gasteiger partial charge in [0.15, 0.2) is 0 Å². The second-order valence-electron chi connectivity index (χ2n) is 7.51. The average Bonchev–Trinajstić information content (AvgIpc) is 3.20. The summed E-state index contributed by atoms with van der Waals surface area (Å²) in [6.07, 6.45) is 1.31. The normalized spacial score (nSPS) is 10.9. The van der Waals surface area contributed by atoms with E-state index in [4.69, 9.17) is 4.74 Å². The second kappa shape index (κ2) is 8.83. The quantitative estimate of drug-likeness (QED) is 0.336. The van der Waals surface area contributed by atoms with E-state index in [1.54, 1.807) is 0 Å². The van der Waals surface area contributed by atoms with Gasteiger partial charge in [-0.25, -0.2) is 4.98 Å². The molecule has 0 spiro atoms. The number of amides is 1. The number of nitrogens with zero attached hydrogens (tertiary/aromatic N) is 3. The van der Waals surface area contributed by atoms with Crippen molar-refractivity contribution < 1.29 is 14.5 Å². The van der Waals surface area contributed by atoms with Gasteiger partial charge in [-0.15, -0.1) is 11.3 Å². The van der Waals surface area contributed by atoms with Crippen LogP contribution in [0.4, 0.5) is 11.4 Å². The Morgan fingerprint density at radius 2 is 2.00 bits per heavy atom. The summed E-state index contributed by atoms with van der Waals surface area (Å²) >= 11 is 1.36. The third-order valence-electron chi connectivity index (χ3n) is 5.22. The van der Waals surface area contributed by atoms with E-state index in [2.05, 4.69) is 10.3 Å². The Bertz CT molecular complexity index is 1460. The van der Waals surface area contributed by atoms with Crippen molar-refractivity contribution in [3.8, 4) is 16.9 Å². The molecule has 2 heterocycles. The number of nitro groups is 1. The maximum atomic E-state index is 13.2. The summed E-state index contributed by atoms with van der Waals surface area (Å²) in [6, 6.07) is 10.1. The first-order valence-corrected chi connectivity index (χ1v) is 10.8. The number of hydrogen-bond donors (Lipinski definition) is 1. The van der Waals surface area contributed by atoms with Crippen LogP contribution in [0.1, 0.15) is 11.1 Å². The van der Waals surface area contributed by atoms with E-state index in [9.17, 15) is 19.7 Å². The highest BCUT2D eigenvalue weighted by Gasteiger charge is 2.19. The predicted molar refractivity (Wildman–Crippen MR) is 127 cm³/mol. The first-order chi connectivity index (χ1) is 15.8. The number of nitrogens with one attached hydrogen (secondary N) is 1. The summed E-state index contributed by atoms with van der Waals surface area (Å²) in [5, 5.41) is 16.2. The maximum Gasteiger partial charge on any atom is 0.296 e. The Morgan fingerprint density at radius 3 is 2.70 bits per heavy atom. The topological polar surface area (TPSA) is 116 Å². The molecule has 2 aromatic heterocycles. The van der Waals surface area contributed by atoms with Crippen molar-refractivity contribution in [2.75, 3.05) is 12.4 Å². The van der Waals surface area contributed by atoms with Crippen LogP contribution in [0.15, 0.2) is 52.9 Å². The van der Waals surface area contributed by atoms with Crippen LogP contribution in [0.25, 0.3) is 21.3 Å². The average molecular weight is 465 g/mol. The number of aromatic nitrogens is 2. The monoisotopic (exact) mass is 464 g/mol. The van der Waals surface area contributed by atoms with Crippen LogP contribution in [-0.4, -0.2) is 27.5 Å². The van der Waals surface area contributed by atoms with Gasteiger partial charge in [-0.3, -0.25) is 24.3 Å². The summed E-state index contributed by atoms with van der Waals surface area (Å²) in [5.74, 6) is -0.295. The van der Waals surface area contributed by atoms with Crippen molar-refractivity contribution >= 4 is 38.8 Å². The van der Waals surface area contributed by atoms with E-state index < -0.39 is 10.8 Å². The predicted octanol–water partition coefficient (Wildman–Crippen LogP) is 4.30. The summed E-state index contributed by atoms with van der Waals surface area (Å²) < 4.78 is 6.20. The van der Waals surface area contributed by atoms with Gasteiger partial charge in [-0.05, 0) is 37.1 Å². The van der Waals surface area contributed by atoms with Crippen LogP contribution in [0.5, 0.6) is 5.75 Å². The van der Waals surface area contributed by atoms with Crippen molar-refractivity contribution in [2.45, 2.75) is 20.4 Å². The molecule has 0 aliphatic rings. The van der Waals surface area contributed by atoms with Gasteiger partial charge in [0.05, 0.1) is 29.8 Å². The molecule has 9 nitrogen and oxygen atoms in total. The molecule has 1 amide bonds. The maximum absolute atomic E-state index is 13.2. The van der Waals surface area contributed by atoms with Gasteiger partial charge >= 0.3 is 0 Å². The molecule has 33 heavy (non-hydrogen) atoms. The molecule has 0 bridgehead atoms. The number of ether oxygens (including phenoxy) is 1. The third kappa shape index (κ3) is 4.33. The molecule has 1 N–H and O–H groups in total. The molecule has 0 radical (unpaired) electrons. The molecule has 0 fully saturated rings. The van der Waals surface area contributed by atoms with E-state index in [0.29, 0.717) is 16.0 Å². The van der Waals surface area contributed by atoms with Gasteiger partial charge in [0.2, 0.25) is 5.91 Å².